The number of anilines is 1. The number of hydrogen-bond acceptors (Lipinski definition) is 7. The van der Waals surface area contributed by atoms with Gasteiger partial charge >= 0.3 is 0 Å². The van der Waals surface area contributed by atoms with Crippen LogP contribution in [0.5, 0.6) is 11.5 Å². The Morgan fingerprint density at radius 3 is 2.17 bits per heavy atom. The summed E-state index contributed by atoms with van der Waals surface area (Å²) in [6, 6.07) is 21.4. The van der Waals surface area contributed by atoms with Crippen LogP contribution in [0.1, 0.15) is 18.4 Å². The van der Waals surface area contributed by atoms with Crippen LogP contribution in [-0.2, 0) is 20.8 Å². The summed E-state index contributed by atoms with van der Waals surface area (Å²) in [5, 5.41) is 6.13. The highest BCUT2D eigenvalue weighted by Crippen LogP contribution is 2.25. The molecule has 0 heterocycles. The first-order valence-corrected chi connectivity index (χ1v) is 13.8. The molecule has 0 aromatic heterocycles. The van der Waals surface area contributed by atoms with Crippen LogP contribution in [0, 0.1) is 0 Å². The molecular weight excluding hydrogens is 544 g/mol. The second kappa shape index (κ2) is 16.3. The summed E-state index contributed by atoms with van der Waals surface area (Å²) in [4.78, 5) is 40.4. The molecular formula is C30H37ClN6O4. The lowest BCUT2D eigenvalue weighted by atomic mass is 10.0. The zero-order valence-corrected chi connectivity index (χ0v) is 23.6. The second-order valence-corrected chi connectivity index (χ2v) is 9.86. The van der Waals surface area contributed by atoms with Crippen molar-refractivity contribution in [2.24, 2.45) is 17.2 Å². The largest absolute Gasteiger partial charge is 0.457 e. The molecule has 0 fully saturated rings. The van der Waals surface area contributed by atoms with E-state index < -0.39 is 23.9 Å². The molecule has 0 aliphatic heterocycles. The normalized spacial score (nSPS) is 12.2. The van der Waals surface area contributed by atoms with Gasteiger partial charge in [-0.1, -0.05) is 48.0 Å². The highest BCUT2D eigenvalue weighted by Gasteiger charge is 2.26. The van der Waals surface area contributed by atoms with E-state index in [0.717, 1.165) is 5.56 Å². The van der Waals surface area contributed by atoms with Gasteiger partial charge in [-0.3, -0.25) is 14.4 Å². The predicted molar refractivity (Wildman–Crippen MR) is 161 cm³/mol. The molecule has 0 aliphatic rings. The van der Waals surface area contributed by atoms with E-state index in [1.165, 1.54) is 4.90 Å². The van der Waals surface area contributed by atoms with Crippen LogP contribution >= 0.6 is 11.6 Å². The molecule has 11 heteroatoms. The third-order valence-corrected chi connectivity index (χ3v) is 6.47. The first-order chi connectivity index (χ1) is 19.8. The van der Waals surface area contributed by atoms with Gasteiger partial charge in [0.25, 0.3) is 0 Å². The van der Waals surface area contributed by atoms with E-state index in [9.17, 15) is 14.4 Å². The summed E-state index contributed by atoms with van der Waals surface area (Å²) in [6.45, 7) is 1.16. The van der Waals surface area contributed by atoms with Crippen molar-refractivity contribution in [1.29, 1.82) is 0 Å². The van der Waals surface area contributed by atoms with Crippen molar-refractivity contribution in [2.45, 2.75) is 31.3 Å². The van der Waals surface area contributed by atoms with Crippen molar-refractivity contribution in [2.75, 3.05) is 31.5 Å². The van der Waals surface area contributed by atoms with Crippen LogP contribution in [-0.4, -0.2) is 60.9 Å². The Hall–Kier alpha value is -3.96. The molecule has 41 heavy (non-hydrogen) atoms. The average Bonchev–Trinajstić information content (AvgIpc) is 2.96. The maximum absolute atomic E-state index is 13.3. The minimum absolute atomic E-state index is 0.229. The van der Waals surface area contributed by atoms with Crippen molar-refractivity contribution in [3.05, 3.63) is 89.4 Å². The topological polar surface area (TPSA) is 166 Å². The third-order valence-electron chi connectivity index (χ3n) is 6.23. The van der Waals surface area contributed by atoms with Crippen molar-refractivity contribution in [3.63, 3.8) is 0 Å². The number of amides is 3. The number of aryl methyl sites for hydroxylation is 1. The Kier molecular flexibility index (Phi) is 12.6. The number of benzene rings is 3. The Labute approximate surface area is 245 Å². The Bertz CT molecular complexity index is 1270. The molecule has 3 amide bonds. The molecule has 3 rings (SSSR count). The molecule has 8 N–H and O–H groups in total. The maximum Gasteiger partial charge on any atom is 0.246 e. The van der Waals surface area contributed by atoms with Crippen LogP contribution in [0.2, 0.25) is 5.02 Å². The summed E-state index contributed by atoms with van der Waals surface area (Å²) >= 11 is 6.01. The summed E-state index contributed by atoms with van der Waals surface area (Å²) < 4.78 is 5.80. The molecule has 3 aromatic rings. The van der Waals surface area contributed by atoms with Gasteiger partial charge in [0.1, 0.15) is 17.5 Å². The fourth-order valence-electron chi connectivity index (χ4n) is 4.09. The molecule has 2 unspecified atom stereocenters. The molecule has 0 aliphatic carbocycles. The van der Waals surface area contributed by atoms with Crippen molar-refractivity contribution in [3.8, 4) is 11.5 Å². The fourth-order valence-corrected chi connectivity index (χ4v) is 4.27. The minimum Gasteiger partial charge on any atom is -0.457 e. The molecule has 0 saturated carbocycles. The number of halogens is 1. The van der Waals surface area contributed by atoms with Gasteiger partial charge in [0, 0.05) is 36.9 Å². The molecule has 10 nitrogen and oxygen atoms in total. The summed E-state index contributed by atoms with van der Waals surface area (Å²) in [6.07, 6.45) is 0.637. The summed E-state index contributed by atoms with van der Waals surface area (Å²) in [5.41, 5.74) is 18.8. The molecule has 2 atom stereocenters. The van der Waals surface area contributed by atoms with Gasteiger partial charge in [-0.05, 0) is 60.9 Å². The van der Waals surface area contributed by atoms with Crippen molar-refractivity contribution >= 4 is 35.0 Å². The van der Waals surface area contributed by atoms with Gasteiger partial charge in [0.15, 0.2) is 0 Å². The Morgan fingerprint density at radius 2 is 1.54 bits per heavy atom. The van der Waals surface area contributed by atoms with E-state index in [4.69, 9.17) is 33.5 Å². The smallest absolute Gasteiger partial charge is 0.246 e. The second-order valence-electron chi connectivity index (χ2n) is 9.43. The SMILES string of the molecule is NCCN(CCN)C(=O)CC(N)C(=O)NC(CCc1ccccc1)C(=O)Nc1ccc(Oc2cccc(Cl)c2)cc1. The molecule has 0 spiro atoms. The van der Waals surface area contributed by atoms with Crippen LogP contribution in [0.3, 0.4) is 0 Å². The average molecular weight is 581 g/mol. The predicted octanol–water partition coefficient (Wildman–Crippen LogP) is 2.65. The van der Waals surface area contributed by atoms with Gasteiger partial charge in [-0.25, -0.2) is 0 Å². The van der Waals surface area contributed by atoms with E-state index in [-0.39, 0.29) is 25.4 Å². The highest BCUT2D eigenvalue weighted by atomic mass is 35.5. The van der Waals surface area contributed by atoms with Gasteiger partial charge in [-0.15, -0.1) is 0 Å². The maximum atomic E-state index is 13.3. The van der Waals surface area contributed by atoms with Crippen LogP contribution in [0.15, 0.2) is 78.9 Å². The summed E-state index contributed by atoms with van der Waals surface area (Å²) in [7, 11) is 0. The zero-order valence-electron chi connectivity index (χ0n) is 22.8. The fraction of sp³-hybridized carbons (Fsp3) is 0.300. The first kappa shape index (κ1) is 31.6. The van der Waals surface area contributed by atoms with Crippen LogP contribution < -0.4 is 32.6 Å². The van der Waals surface area contributed by atoms with Crippen LogP contribution in [0.4, 0.5) is 5.69 Å². The van der Waals surface area contributed by atoms with Gasteiger partial charge in [-0.2, -0.15) is 0 Å². The van der Waals surface area contributed by atoms with Crippen LogP contribution in [0.25, 0.3) is 0 Å². The number of nitrogens with two attached hydrogens (primary N) is 3. The van der Waals surface area contributed by atoms with E-state index in [2.05, 4.69) is 10.6 Å². The third kappa shape index (κ3) is 10.5. The number of ether oxygens (including phenoxy) is 1. The molecule has 218 valence electrons. The van der Waals surface area contributed by atoms with Crippen molar-refractivity contribution < 1.29 is 19.1 Å². The number of carbonyl (C=O) groups is 3. The number of hydrogen-bond donors (Lipinski definition) is 5. The number of nitrogens with zero attached hydrogens (tertiary/aromatic N) is 1. The zero-order chi connectivity index (χ0) is 29.6. The lowest BCUT2D eigenvalue weighted by Crippen LogP contribution is -2.52. The Morgan fingerprint density at radius 1 is 0.854 bits per heavy atom. The lowest BCUT2D eigenvalue weighted by molar-refractivity contribution is -0.134. The quantitative estimate of drug-likeness (QED) is 0.184. The lowest BCUT2D eigenvalue weighted by Gasteiger charge is -2.24. The highest BCUT2D eigenvalue weighted by molar-refractivity contribution is 6.30. The van der Waals surface area contributed by atoms with Crippen molar-refractivity contribution in [1.82, 2.24) is 10.2 Å². The molecule has 0 bridgehead atoms. The number of nitrogens with one attached hydrogen (secondary N) is 2. The molecule has 0 radical (unpaired) electrons. The van der Waals surface area contributed by atoms with E-state index in [0.29, 0.717) is 48.1 Å². The minimum atomic E-state index is -1.14. The first-order valence-electron chi connectivity index (χ1n) is 13.4. The standard InChI is InChI=1S/C30H37ClN6O4/c31-22-7-4-8-25(19-22)41-24-12-10-23(11-13-24)35-30(40)27(14-9-21-5-2-1-3-6-21)36-29(39)26(34)20-28(38)37(17-15-32)18-16-33/h1-8,10-13,19,26-27H,9,14-18,20,32-34H2,(H,35,40)(H,36,39). The molecule has 0 saturated heterocycles. The Balaban J connectivity index is 1.65. The summed E-state index contributed by atoms with van der Waals surface area (Å²) in [5.74, 6) is -0.189. The van der Waals surface area contributed by atoms with Gasteiger partial charge in [0.05, 0.1) is 12.5 Å². The van der Waals surface area contributed by atoms with E-state index in [1.54, 1.807) is 48.5 Å². The molecule has 3 aromatic carbocycles. The number of carbonyl (C=O) groups excluding carboxylic acids is 3. The van der Waals surface area contributed by atoms with E-state index >= 15 is 0 Å². The van der Waals surface area contributed by atoms with E-state index in [1.807, 2.05) is 30.3 Å². The van der Waals surface area contributed by atoms with Gasteiger partial charge in [0.2, 0.25) is 17.7 Å². The monoisotopic (exact) mass is 580 g/mol. The van der Waals surface area contributed by atoms with Gasteiger partial charge < -0.3 is 37.5 Å². The number of rotatable bonds is 15.